The molecule has 39 heavy (non-hydrogen) atoms. The fourth-order valence-electron chi connectivity index (χ4n) is 8.22. The molecule has 196 valence electrons. The molecule has 3 aliphatic rings. The number of allylic oxidation sites excluding steroid dienone is 2. The minimum atomic E-state index is -0.162. The highest BCUT2D eigenvalue weighted by atomic mass is 15.4. The number of benzene rings is 4. The summed E-state index contributed by atoms with van der Waals surface area (Å²) in [5.41, 5.74) is 13.7. The van der Waals surface area contributed by atoms with Crippen molar-refractivity contribution in [1.29, 1.82) is 0 Å². The van der Waals surface area contributed by atoms with E-state index < -0.39 is 0 Å². The van der Waals surface area contributed by atoms with Gasteiger partial charge in [-0.1, -0.05) is 97.8 Å². The summed E-state index contributed by atoms with van der Waals surface area (Å²) in [5.74, 6) is 0.575. The van der Waals surface area contributed by atoms with E-state index in [0.29, 0.717) is 5.92 Å². The van der Waals surface area contributed by atoms with Gasteiger partial charge in [0.15, 0.2) is 0 Å². The number of hydrogen-bond donors (Lipinski definition) is 0. The van der Waals surface area contributed by atoms with Crippen LogP contribution in [0.2, 0.25) is 0 Å². The molecule has 2 nitrogen and oxygen atoms in total. The molecule has 0 N–H and O–H groups in total. The van der Waals surface area contributed by atoms with Crippen molar-refractivity contribution in [3.63, 3.8) is 0 Å². The number of anilines is 2. The van der Waals surface area contributed by atoms with Crippen molar-refractivity contribution in [2.24, 2.45) is 5.92 Å². The topological polar surface area (TPSA) is 6.48 Å². The standard InChI is InChI=1S/C37H38N2/c1-25-15-8-12-23-32(25)38-28(4)35-37(30-20-9-10-21-30,29-18-6-5-7-19-29)31-22-11-13-24-33(31)39(35)36(38)34-26(2)16-14-17-27(34)3/h5-8,11-19,22-24,30,36H,9-10,20-21H2,1-4H3. The van der Waals surface area contributed by atoms with Gasteiger partial charge < -0.3 is 9.80 Å². The fraction of sp³-hybridized carbons (Fsp3) is 0.297. The molecule has 2 atom stereocenters. The van der Waals surface area contributed by atoms with Crippen LogP contribution in [0.25, 0.3) is 0 Å². The third kappa shape index (κ3) is 3.33. The zero-order valence-corrected chi connectivity index (χ0v) is 23.6. The van der Waals surface area contributed by atoms with E-state index in [9.17, 15) is 0 Å². The zero-order chi connectivity index (χ0) is 26.7. The summed E-state index contributed by atoms with van der Waals surface area (Å²) in [5, 5.41) is 0. The van der Waals surface area contributed by atoms with E-state index in [4.69, 9.17) is 0 Å². The lowest BCUT2D eigenvalue weighted by atomic mass is 9.64. The second kappa shape index (κ2) is 9.16. The first-order valence-electron chi connectivity index (χ1n) is 14.6. The molecule has 0 bridgehead atoms. The fourth-order valence-corrected chi connectivity index (χ4v) is 8.22. The van der Waals surface area contributed by atoms with Crippen LogP contribution < -0.4 is 9.80 Å². The van der Waals surface area contributed by atoms with Gasteiger partial charge in [0.25, 0.3) is 0 Å². The SMILES string of the molecule is CC1=C2N(c3ccccc3C2(c2ccccc2)C2CCCC2)C(c2c(C)cccc2C)N1c1ccccc1C. The molecule has 1 fully saturated rings. The van der Waals surface area contributed by atoms with Crippen molar-refractivity contribution in [3.05, 3.63) is 142 Å². The Morgan fingerprint density at radius 2 is 1.18 bits per heavy atom. The summed E-state index contributed by atoms with van der Waals surface area (Å²) in [6.07, 6.45) is 5.24. The Bertz CT molecular complexity index is 1560. The Hall–Kier alpha value is -3.78. The normalized spacial score (nSPS) is 22.5. The molecule has 0 spiro atoms. The van der Waals surface area contributed by atoms with Gasteiger partial charge in [-0.3, -0.25) is 0 Å². The largest absolute Gasteiger partial charge is 0.318 e. The van der Waals surface area contributed by atoms with Gasteiger partial charge in [-0.25, -0.2) is 0 Å². The summed E-state index contributed by atoms with van der Waals surface area (Å²) in [4.78, 5) is 5.39. The Morgan fingerprint density at radius 1 is 0.590 bits per heavy atom. The van der Waals surface area contributed by atoms with Crippen molar-refractivity contribution in [2.75, 3.05) is 9.80 Å². The van der Waals surface area contributed by atoms with Gasteiger partial charge in [-0.05, 0) is 86.4 Å². The van der Waals surface area contributed by atoms with Gasteiger partial charge in [-0.15, -0.1) is 0 Å². The molecule has 2 heterocycles. The van der Waals surface area contributed by atoms with Crippen LogP contribution in [0.15, 0.2) is 108 Å². The van der Waals surface area contributed by atoms with E-state index in [1.54, 1.807) is 0 Å². The van der Waals surface area contributed by atoms with Crippen LogP contribution in [0.5, 0.6) is 0 Å². The van der Waals surface area contributed by atoms with Gasteiger partial charge in [-0.2, -0.15) is 0 Å². The monoisotopic (exact) mass is 510 g/mol. The molecule has 0 amide bonds. The molecular weight excluding hydrogens is 472 g/mol. The average molecular weight is 511 g/mol. The number of rotatable bonds is 4. The number of nitrogens with zero attached hydrogens (tertiary/aromatic N) is 2. The molecule has 2 unspecified atom stereocenters. The Balaban J connectivity index is 1.60. The van der Waals surface area contributed by atoms with Crippen LogP contribution in [0.3, 0.4) is 0 Å². The third-order valence-corrected chi connectivity index (χ3v) is 9.77. The van der Waals surface area contributed by atoms with Gasteiger partial charge in [0.1, 0.15) is 6.17 Å². The quantitative estimate of drug-likeness (QED) is 0.270. The first-order valence-corrected chi connectivity index (χ1v) is 14.6. The molecule has 1 saturated carbocycles. The van der Waals surface area contributed by atoms with Crippen molar-refractivity contribution < 1.29 is 0 Å². The average Bonchev–Trinajstić information content (AvgIpc) is 3.66. The van der Waals surface area contributed by atoms with E-state index in [0.717, 1.165) is 0 Å². The van der Waals surface area contributed by atoms with Gasteiger partial charge in [0.2, 0.25) is 0 Å². The Labute approximate surface area is 233 Å². The molecule has 7 rings (SSSR count). The summed E-state index contributed by atoms with van der Waals surface area (Å²) < 4.78 is 0. The predicted octanol–water partition coefficient (Wildman–Crippen LogP) is 9.36. The van der Waals surface area contributed by atoms with Crippen molar-refractivity contribution in [3.8, 4) is 0 Å². The molecule has 4 aromatic rings. The molecule has 0 aromatic heterocycles. The van der Waals surface area contributed by atoms with Crippen LogP contribution in [0.1, 0.15) is 72.2 Å². The Morgan fingerprint density at radius 3 is 1.87 bits per heavy atom. The molecule has 1 aliphatic carbocycles. The minimum absolute atomic E-state index is 0.0652. The highest BCUT2D eigenvalue weighted by Gasteiger charge is 2.59. The van der Waals surface area contributed by atoms with Crippen molar-refractivity contribution >= 4 is 11.4 Å². The molecule has 0 radical (unpaired) electrons. The Kier molecular flexibility index (Phi) is 5.70. The summed E-state index contributed by atoms with van der Waals surface area (Å²) in [7, 11) is 0. The third-order valence-electron chi connectivity index (χ3n) is 9.77. The van der Waals surface area contributed by atoms with E-state index in [-0.39, 0.29) is 11.6 Å². The second-order valence-corrected chi connectivity index (χ2v) is 11.8. The molecular formula is C37H38N2. The van der Waals surface area contributed by atoms with E-state index >= 15 is 0 Å². The maximum absolute atomic E-state index is 2.73. The van der Waals surface area contributed by atoms with Gasteiger partial charge in [0.05, 0.1) is 11.1 Å². The highest BCUT2D eigenvalue weighted by Crippen LogP contribution is 2.65. The number of hydrogen-bond acceptors (Lipinski definition) is 2. The van der Waals surface area contributed by atoms with Gasteiger partial charge in [0, 0.05) is 22.6 Å². The lowest BCUT2D eigenvalue weighted by Gasteiger charge is -2.39. The van der Waals surface area contributed by atoms with E-state index in [1.807, 2.05) is 0 Å². The molecule has 0 saturated heterocycles. The molecule has 2 aliphatic heterocycles. The van der Waals surface area contributed by atoms with E-state index in [1.165, 1.54) is 81.8 Å². The number of aryl methyl sites for hydroxylation is 3. The summed E-state index contributed by atoms with van der Waals surface area (Å²) in [6, 6.07) is 36.4. The predicted molar refractivity (Wildman–Crippen MR) is 163 cm³/mol. The number of para-hydroxylation sites is 2. The smallest absolute Gasteiger partial charge is 0.137 e. The first kappa shape index (κ1) is 24.3. The molecule has 4 aromatic carbocycles. The maximum atomic E-state index is 2.73. The lowest BCUT2D eigenvalue weighted by molar-refractivity contribution is 0.380. The molecule has 2 heteroatoms. The van der Waals surface area contributed by atoms with Crippen molar-refractivity contribution in [1.82, 2.24) is 0 Å². The van der Waals surface area contributed by atoms with Gasteiger partial charge >= 0.3 is 0 Å². The number of fused-ring (bicyclic) bond motifs is 3. The van der Waals surface area contributed by atoms with Crippen LogP contribution in [-0.4, -0.2) is 0 Å². The van der Waals surface area contributed by atoms with Crippen LogP contribution in [0.4, 0.5) is 11.4 Å². The van der Waals surface area contributed by atoms with Crippen molar-refractivity contribution in [2.45, 2.75) is 65.0 Å². The highest BCUT2D eigenvalue weighted by molar-refractivity contribution is 5.82. The lowest BCUT2D eigenvalue weighted by Crippen LogP contribution is -2.38. The van der Waals surface area contributed by atoms with E-state index in [2.05, 4.69) is 135 Å². The minimum Gasteiger partial charge on any atom is -0.318 e. The van der Waals surface area contributed by atoms with Crippen LogP contribution in [-0.2, 0) is 5.41 Å². The second-order valence-electron chi connectivity index (χ2n) is 11.8. The first-order chi connectivity index (χ1) is 19.0. The van der Waals surface area contributed by atoms with Crippen LogP contribution >= 0.6 is 0 Å². The summed E-state index contributed by atoms with van der Waals surface area (Å²) in [6.45, 7) is 9.22. The van der Waals surface area contributed by atoms with Crippen LogP contribution in [0, 0.1) is 26.7 Å². The maximum Gasteiger partial charge on any atom is 0.137 e. The summed E-state index contributed by atoms with van der Waals surface area (Å²) >= 11 is 0. The zero-order valence-electron chi connectivity index (χ0n) is 23.6.